The lowest BCUT2D eigenvalue weighted by molar-refractivity contribution is 0.0777. The van der Waals surface area contributed by atoms with Crippen LogP contribution in [-0.2, 0) is 0 Å². The average molecular weight is 395 g/mol. The van der Waals surface area contributed by atoms with E-state index in [-0.39, 0.29) is 5.91 Å². The SMILES string of the molecule is C/C(=N\N1CCNc2c(sc3c2C2=NCCN2CCN3)C1=O)c1ccccc1. The molecule has 144 valence electrons. The summed E-state index contributed by atoms with van der Waals surface area (Å²) in [5, 5.41) is 14.2. The van der Waals surface area contributed by atoms with Gasteiger partial charge in [0.1, 0.15) is 15.7 Å². The molecule has 0 spiro atoms. The van der Waals surface area contributed by atoms with Crippen LogP contribution < -0.4 is 10.6 Å². The van der Waals surface area contributed by atoms with Crippen LogP contribution in [0.25, 0.3) is 0 Å². The van der Waals surface area contributed by atoms with Crippen molar-refractivity contribution >= 4 is 39.5 Å². The second kappa shape index (κ2) is 6.94. The van der Waals surface area contributed by atoms with E-state index in [1.807, 2.05) is 37.3 Å². The Bertz CT molecular complexity index is 980. The van der Waals surface area contributed by atoms with Crippen molar-refractivity contribution in [1.29, 1.82) is 0 Å². The zero-order valence-corrected chi connectivity index (χ0v) is 16.6. The van der Waals surface area contributed by atoms with Gasteiger partial charge in [-0.25, -0.2) is 5.01 Å². The number of hydrogen-bond donors (Lipinski definition) is 2. The maximum Gasteiger partial charge on any atom is 0.286 e. The molecule has 28 heavy (non-hydrogen) atoms. The van der Waals surface area contributed by atoms with E-state index < -0.39 is 0 Å². The molecule has 2 aromatic rings. The summed E-state index contributed by atoms with van der Waals surface area (Å²) in [4.78, 5) is 21.0. The van der Waals surface area contributed by atoms with Crippen molar-refractivity contribution in [2.24, 2.45) is 10.1 Å². The highest BCUT2D eigenvalue weighted by Gasteiger charge is 2.34. The third kappa shape index (κ3) is 2.84. The van der Waals surface area contributed by atoms with Gasteiger partial charge in [-0.05, 0) is 12.5 Å². The van der Waals surface area contributed by atoms with Crippen LogP contribution in [0.4, 0.5) is 10.7 Å². The van der Waals surface area contributed by atoms with Gasteiger partial charge in [0.05, 0.1) is 30.1 Å². The molecule has 0 atom stereocenters. The van der Waals surface area contributed by atoms with E-state index in [0.29, 0.717) is 18.0 Å². The highest BCUT2D eigenvalue weighted by Crippen LogP contribution is 2.42. The van der Waals surface area contributed by atoms with E-state index in [4.69, 9.17) is 4.99 Å². The third-order valence-electron chi connectivity index (χ3n) is 5.25. The number of fused-ring (bicyclic) bond motifs is 5. The number of nitrogens with one attached hydrogen (secondary N) is 2. The molecule has 0 fully saturated rings. The lowest BCUT2D eigenvalue weighted by Gasteiger charge is -2.17. The van der Waals surface area contributed by atoms with Crippen molar-refractivity contribution < 1.29 is 4.79 Å². The molecule has 3 aliphatic heterocycles. The van der Waals surface area contributed by atoms with E-state index in [9.17, 15) is 4.79 Å². The predicted octanol–water partition coefficient (Wildman–Crippen LogP) is 2.53. The maximum atomic E-state index is 13.3. The van der Waals surface area contributed by atoms with Crippen LogP contribution in [0.15, 0.2) is 40.4 Å². The minimum absolute atomic E-state index is 0.0553. The normalized spacial score (nSPS) is 19.0. The van der Waals surface area contributed by atoms with Gasteiger partial charge in [-0.1, -0.05) is 30.3 Å². The topological polar surface area (TPSA) is 72.3 Å². The number of nitrogens with zero attached hydrogens (tertiary/aromatic N) is 4. The van der Waals surface area contributed by atoms with Crippen molar-refractivity contribution in [2.45, 2.75) is 6.92 Å². The Morgan fingerprint density at radius 2 is 1.96 bits per heavy atom. The van der Waals surface area contributed by atoms with Crippen molar-refractivity contribution in [3.63, 3.8) is 0 Å². The smallest absolute Gasteiger partial charge is 0.286 e. The Kier molecular flexibility index (Phi) is 4.27. The molecule has 4 heterocycles. The maximum absolute atomic E-state index is 13.3. The van der Waals surface area contributed by atoms with Gasteiger partial charge in [-0.3, -0.25) is 9.79 Å². The van der Waals surface area contributed by atoms with Crippen LogP contribution in [0.5, 0.6) is 0 Å². The largest absolute Gasteiger partial charge is 0.381 e. The van der Waals surface area contributed by atoms with E-state index in [0.717, 1.165) is 59.5 Å². The Balaban J connectivity index is 1.52. The zero-order valence-electron chi connectivity index (χ0n) is 15.7. The molecule has 0 radical (unpaired) electrons. The number of benzene rings is 1. The first-order valence-electron chi connectivity index (χ1n) is 9.59. The monoisotopic (exact) mass is 394 g/mol. The van der Waals surface area contributed by atoms with E-state index in [2.05, 4.69) is 20.6 Å². The summed E-state index contributed by atoms with van der Waals surface area (Å²) < 4.78 is 0. The average Bonchev–Trinajstić information content (AvgIpc) is 3.23. The second-order valence-electron chi connectivity index (χ2n) is 7.04. The quantitative estimate of drug-likeness (QED) is 0.768. The molecular weight excluding hydrogens is 372 g/mol. The van der Waals surface area contributed by atoms with E-state index in [1.165, 1.54) is 11.3 Å². The number of thiophene rings is 1. The summed E-state index contributed by atoms with van der Waals surface area (Å²) in [7, 11) is 0. The number of amidine groups is 1. The summed E-state index contributed by atoms with van der Waals surface area (Å²) in [6.45, 7) is 6.69. The van der Waals surface area contributed by atoms with Gasteiger partial charge < -0.3 is 15.5 Å². The van der Waals surface area contributed by atoms with Crippen LogP contribution in [0.3, 0.4) is 0 Å². The van der Waals surface area contributed by atoms with Crippen molar-refractivity contribution in [2.75, 3.05) is 49.9 Å². The first-order chi connectivity index (χ1) is 13.7. The van der Waals surface area contributed by atoms with E-state index >= 15 is 0 Å². The number of carbonyl (C=O) groups is 1. The summed E-state index contributed by atoms with van der Waals surface area (Å²) in [6, 6.07) is 9.96. The molecule has 8 heteroatoms. The van der Waals surface area contributed by atoms with Crippen LogP contribution >= 0.6 is 11.3 Å². The first kappa shape index (κ1) is 17.2. The standard InChI is InChI=1S/C20H22N6OS/c1-13(14-5-3-2-4-6-14)24-26-12-9-21-16-15-18-22-7-10-25(18)11-8-23-19(15)28-17(16)20(26)27/h2-6,21,23H,7-12H2,1H3/b24-13+. The van der Waals surface area contributed by atoms with Gasteiger partial charge >= 0.3 is 0 Å². The molecule has 5 rings (SSSR count). The molecule has 1 aromatic heterocycles. The lowest BCUT2D eigenvalue weighted by atomic mass is 10.1. The van der Waals surface area contributed by atoms with Crippen LogP contribution in [0.2, 0.25) is 0 Å². The summed E-state index contributed by atoms with van der Waals surface area (Å²) in [5.41, 5.74) is 3.81. The van der Waals surface area contributed by atoms with Crippen LogP contribution in [-0.4, -0.2) is 66.6 Å². The molecule has 7 nitrogen and oxygen atoms in total. The fraction of sp³-hybridized carbons (Fsp3) is 0.350. The molecular formula is C20H22N6OS. The first-order valence-corrected chi connectivity index (χ1v) is 10.4. The van der Waals surface area contributed by atoms with Crippen LogP contribution in [0, 0.1) is 0 Å². The van der Waals surface area contributed by atoms with Crippen molar-refractivity contribution in [3.8, 4) is 0 Å². The van der Waals surface area contributed by atoms with Gasteiger partial charge in [-0.2, -0.15) is 5.10 Å². The summed E-state index contributed by atoms with van der Waals surface area (Å²) in [6.07, 6.45) is 0. The number of amides is 1. The number of rotatable bonds is 2. The molecule has 2 N–H and O–H groups in total. The molecule has 0 saturated carbocycles. The zero-order chi connectivity index (χ0) is 19.1. The molecule has 1 aromatic carbocycles. The molecule has 1 amide bonds. The number of hydrogen-bond acceptors (Lipinski definition) is 7. The summed E-state index contributed by atoms with van der Waals surface area (Å²) in [5.74, 6) is 0.954. The Morgan fingerprint density at radius 1 is 1.14 bits per heavy atom. The highest BCUT2D eigenvalue weighted by atomic mass is 32.1. The molecule has 0 bridgehead atoms. The van der Waals surface area contributed by atoms with Gasteiger partial charge in [0.25, 0.3) is 5.91 Å². The van der Waals surface area contributed by atoms with Gasteiger partial charge in [0.2, 0.25) is 0 Å². The van der Waals surface area contributed by atoms with Crippen molar-refractivity contribution in [3.05, 3.63) is 46.3 Å². The minimum atomic E-state index is -0.0553. The molecule has 3 aliphatic rings. The lowest BCUT2D eigenvalue weighted by Crippen LogP contribution is -2.30. The Labute approximate surface area is 167 Å². The number of carbonyl (C=O) groups excluding carboxylic acids is 1. The predicted molar refractivity (Wildman–Crippen MR) is 114 cm³/mol. The van der Waals surface area contributed by atoms with Crippen molar-refractivity contribution in [1.82, 2.24) is 9.91 Å². The minimum Gasteiger partial charge on any atom is -0.381 e. The molecule has 0 aliphatic carbocycles. The number of aliphatic imine (C=N–C) groups is 1. The number of hydrazone groups is 1. The third-order valence-corrected chi connectivity index (χ3v) is 6.38. The molecule has 0 saturated heterocycles. The fourth-order valence-corrected chi connectivity index (χ4v) is 4.99. The Morgan fingerprint density at radius 3 is 2.82 bits per heavy atom. The highest BCUT2D eigenvalue weighted by molar-refractivity contribution is 7.19. The summed E-state index contributed by atoms with van der Waals surface area (Å²) >= 11 is 1.51. The van der Waals surface area contributed by atoms with Crippen LogP contribution in [0.1, 0.15) is 27.7 Å². The number of anilines is 2. The van der Waals surface area contributed by atoms with Gasteiger partial charge in [0, 0.05) is 26.2 Å². The molecule has 0 unspecified atom stereocenters. The Hall–Kier alpha value is -2.87. The van der Waals surface area contributed by atoms with Gasteiger partial charge in [-0.15, -0.1) is 11.3 Å². The van der Waals surface area contributed by atoms with Gasteiger partial charge in [0.15, 0.2) is 0 Å². The fourth-order valence-electron chi connectivity index (χ4n) is 3.85. The van der Waals surface area contributed by atoms with E-state index in [1.54, 1.807) is 5.01 Å². The second-order valence-corrected chi connectivity index (χ2v) is 8.06.